The average Bonchev–Trinajstić information content (AvgIpc) is 3.38. The predicted molar refractivity (Wildman–Crippen MR) is 144 cm³/mol. The lowest BCUT2D eigenvalue weighted by Gasteiger charge is -2.32. The monoisotopic (exact) mass is 492 g/mol. The Morgan fingerprint density at radius 3 is 2.35 bits per heavy atom. The van der Waals surface area contributed by atoms with Gasteiger partial charge in [-0.25, -0.2) is 9.48 Å². The van der Waals surface area contributed by atoms with Gasteiger partial charge in [-0.05, 0) is 55.3 Å². The van der Waals surface area contributed by atoms with E-state index in [9.17, 15) is 9.59 Å². The number of aromatic nitrogens is 3. The third-order valence-electron chi connectivity index (χ3n) is 6.27. The summed E-state index contributed by atoms with van der Waals surface area (Å²) < 4.78 is 1.80. The van der Waals surface area contributed by atoms with Crippen LogP contribution in [0.25, 0.3) is 23.0 Å². The number of benzene rings is 2. The quantitative estimate of drug-likeness (QED) is 0.380. The molecule has 2 aromatic heterocycles. The van der Waals surface area contributed by atoms with Gasteiger partial charge in [-0.2, -0.15) is 5.10 Å². The Bertz CT molecular complexity index is 1360. The van der Waals surface area contributed by atoms with Crippen LogP contribution in [0.3, 0.4) is 0 Å². The Kier molecular flexibility index (Phi) is 7.36. The molecule has 4 aromatic rings. The molecule has 8 nitrogen and oxygen atoms in total. The summed E-state index contributed by atoms with van der Waals surface area (Å²) in [6, 6.07) is 23.0. The number of hydrogen-bond donors (Lipinski definition) is 2. The lowest BCUT2D eigenvalue weighted by Crippen LogP contribution is -2.47. The van der Waals surface area contributed by atoms with Crippen molar-refractivity contribution < 1.29 is 9.59 Å². The third-order valence-corrected chi connectivity index (χ3v) is 6.27. The van der Waals surface area contributed by atoms with Crippen molar-refractivity contribution in [3.05, 3.63) is 103 Å². The zero-order valence-corrected chi connectivity index (χ0v) is 20.3. The summed E-state index contributed by atoms with van der Waals surface area (Å²) in [5.41, 5.74) is 4.14. The molecule has 37 heavy (non-hydrogen) atoms. The van der Waals surface area contributed by atoms with Gasteiger partial charge in [0.05, 0.1) is 5.69 Å². The first-order valence-corrected chi connectivity index (χ1v) is 12.3. The second kappa shape index (κ2) is 11.3. The molecule has 2 N–H and O–H groups in total. The van der Waals surface area contributed by atoms with E-state index in [1.807, 2.05) is 79.0 Å². The molecule has 1 saturated heterocycles. The molecular weight excluding hydrogens is 464 g/mol. The van der Waals surface area contributed by atoms with Crippen LogP contribution in [0.5, 0.6) is 0 Å². The van der Waals surface area contributed by atoms with Crippen molar-refractivity contribution in [2.24, 2.45) is 0 Å². The molecule has 0 spiro atoms. The molecule has 0 atom stereocenters. The highest BCUT2D eigenvalue weighted by Crippen LogP contribution is 2.24. The van der Waals surface area contributed by atoms with E-state index in [1.54, 1.807) is 34.1 Å². The number of urea groups is 1. The van der Waals surface area contributed by atoms with E-state index in [1.165, 1.54) is 0 Å². The molecule has 5 rings (SSSR count). The van der Waals surface area contributed by atoms with Gasteiger partial charge in [-0.15, -0.1) is 0 Å². The fourth-order valence-electron chi connectivity index (χ4n) is 4.32. The standard InChI is InChI=1S/C29H28N6O2/c36-27(31-25-15-18-34(19-16-25)29(37)32-24-9-3-1-4-10-24)14-13-23-21-35(26-11-5-2-6-12-26)33-28(23)22-8-7-17-30-20-22/h1-14,17,20-21,25H,15-16,18-19H2,(H,31,36)(H,32,37)/b14-13+. The van der Waals surface area contributed by atoms with Gasteiger partial charge in [-0.1, -0.05) is 36.4 Å². The molecule has 2 aromatic carbocycles. The van der Waals surface area contributed by atoms with Gasteiger partial charge in [0.1, 0.15) is 5.69 Å². The first-order valence-electron chi connectivity index (χ1n) is 12.3. The van der Waals surface area contributed by atoms with Crippen LogP contribution in [0.1, 0.15) is 18.4 Å². The largest absolute Gasteiger partial charge is 0.350 e. The third kappa shape index (κ3) is 6.10. The number of carbonyl (C=O) groups excluding carboxylic acids is 2. The molecule has 0 saturated carbocycles. The number of carbonyl (C=O) groups is 2. The van der Waals surface area contributed by atoms with E-state index in [2.05, 4.69) is 15.6 Å². The minimum atomic E-state index is -0.170. The molecule has 0 radical (unpaired) electrons. The topological polar surface area (TPSA) is 92.2 Å². The summed E-state index contributed by atoms with van der Waals surface area (Å²) in [4.78, 5) is 31.2. The number of rotatable bonds is 6. The van der Waals surface area contributed by atoms with Crippen LogP contribution in [-0.2, 0) is 4.79 Å². The Labute approximate surface area is 215 Å². The van der Waals surface area contributed by atoms with E-state index in [4.69, 9.17) is 5.10 Å². The summed E-state index contributed by atoms with van der Waals surface area (Å²) in [6.45, 7) is 1.17. The number of nitrogens with zero attached hydrogens (tertiary/aromatic N) is 4. The molecule has 1 aliphatic rings. The van der Waals surface area contributed by atoms with Crippen molar-refractivity contribution in [1.29, 1.82) is 0 Å². The van der Waals surface area contributed by atoms with E-state index in [0.29, 0.717) is 25.9 Å². The van der Waals surface area contributed by atoms with Gasteiger partial charge >= 0.3 is 6.03 Å². The van der Waals surface area contributed by atoms with Gasteiger partial charge in [0.15, 0.2) is 0 Å². The van der Waals surface area contributed by atoms with Crippen molar-refractivity contribution in [3.8, 4) is 16.9 Å². The summed E-state index contributed by atoms with van der Waals surface area (Å²) in [5.74, 6) is -0.170. The Morgan fingerprint density at radius 1 is 0.919 bits per heavy atom. The van der Waals surface area contributed by atoms with Crippen molar-refractivity contribution in [2.75, 3.05) is 18.4 Å². The first-order chi connectivity index (χ1) is 18.2. The Morgan fingerprint density at radius 2 is 1.65 bits per heavy atom. The molecule has 0 unspecified atom stereocenters. The van der Waals surface area contributed by atoms with Crippen molar-refractivity contribution >= 4 is 23.7 Å². The summed E-state index contributed by atoms with van der Waals surface area (Å²) in [6.07, 6.45) is 10.1. The number of amides is 3. The smallest absolute Gasteiger partial charge is 0.321 e. The first kappa shape index (κ1) is 24.0. The second-order valence-corrected chi connectivity index (χ2v) is 8.85. The van der Waals surface area contributed by atoms with Gasteiger partial charge < -0.3 is 15.5 Å². The highest BCUT2D eigenvalue weighted by atomic mass is 16.2. The molecule has 186 valence electrons. The van der Waals surface area contributed by atoms with Crippen molar-refractivity contribution in [2.45, 2.75) is 18.9 Å². The number of para-hydroxylation sites is 2. The predicted octanol–water partition coefficient (Wildman–Crippen LogP) is 4.76. The molecule has 0 bridgehead atoms. The highest BCUT2D eigenvalue weighted by Gasteiger charge is 2.23. The van der Waals surface area contributed by atoms with Crippen LogP contribution in [0, 0.1) is 0 Å². The molecule has 3 amide bonds. The van der Waals surface area contributed by atoms with Crippen LogP contribution in [0.15, 0.2) is 97.5 Å². The minimum absolute atomic E-state index is 0.0164. The molecular formula is C29H28N6O2. The van der Waals surface area contributed by atoms with Crippen LogP contribution in [-0.4, -0.2) is 50.7 Å². The second-order valence-electron chi connectivity index (χ2n) is 8.85. The lowest BCUT2D eigenvalue weighted by molar-refractivity contribution is -0.117. The average molecular weight is 493 g/mol. The van der Waals surface area contributed by atoms with Crippen LogP contribution >= 0.6 is 0 Å². The lowest BCUT2D eigenvalue weighted by atomic mass is 10.1. The van der Waals surface area contributed by atoms with Crippen LogP contribution in [0.4, 0.5) is 10.5 Å². The molecule has 8 heteroatoms. The zero-order valence-electron chi connectivity index (χ0n) is 20.3. The number of likely N-dealkylation sites (tertiary alicyclic amines) is 1. The van der Waals surface area contributed by atoms with E-state index in [-0.39, 0.29) is 18.0 Å². The number of anilines is 1. The maximum atomic E-state index is 12.7. The van der Waals surface area contributed by atoms with Gasteiger partial charge in [-0.3, -0.25) is 9.78 Å². The number of pyridine rings is 1. The molecule has 1 aliphatic heterocycles. The minimum Gasteiger partial charge on any atom is -0.350 e. The molecule has 0 aliphatic carbocycles. The van der Waals surface area contributed by atoms with Crippen LogP contribution < -0.4 is 10.6 Å². The van der Waals surface area contributed by atoms with Gasteiger partial charge in [0.2, 0.25) is 5.91 Å². The van der Waals surface area contributed by atoms with E-state index in [0.717, 1.165) is 28.2 Å². The van der Waals surface area contributed by atoms with Gasteiger partial charge in [0, 0.05) is 60.6 Å². The van der Waals surface area contributed by atoms with Crippen molar-refractivity contribution in [1.82, 2.24) is 25.0 Å². The maximum Gasteiger partial charge on any atom is 0.321 e. The maximum absolute atomic E-state index is 12.7. The summed E-state index contributed by atoms with van der Waals surface area (Å²) >= 11 is 0. The number of piperidine rings is 1. The van der Waals surface area contributed by atoms with E-state index >= 15 is 0 Å². The highest BCUT2D eigenvalue weighted by molar-refractivity contribution is 5.93. The van der Waals surface area contributed by atoms with Crippen LogP contribution in [0.2, 0.25) is 0 Å². The fourth-order valence-corrected chi connectivity index (χ4v) is 4.32. The molecule has 3 heterocycles. The fraction of sp³-hybridized carbons (Fsp3) is 0.172. The summed E-state index contributed by atoms with van der Waals surface area (Å²) in [5, 5.41) is 10.7. The number of nitrogens with one attached hydrogen (secondary N) is 2. The van der Waals surface area contributed by atoms with E-state index < -0.39 is 0 Å². The molecule has 1 fully saturated rings. The van der Waals surface area contributed by atoms with Gasteiger partial charge in [0.25, 0.3) is 0 Å². The summed E-state index contributed by atoms with van der Waals surface area (Å²) in [7, 11) is 0. The Balaban J connectivity index is 1.21. The van der Waals surface area contributed by atoms with Crippen molar-refractivity contribution in [3.63, 3.8) is 0 Å². The SMILES string of the molecule is O=C(/C=C/c1cn(-c2ccccc2)nc1-c1cccnc1)NC1CCN(C(=O)Nc2ccccc2)CC1. The number of hydrogen-bond acceptors (Lipinski definition) is 4. The zero-order chi connectivity index (χ0) is 25.5. The Hall–Kier alpha value is -4.72. The normalized spacial score (nSPS) is 14.0.